The maximum atomic E-state index is 11.4. The lowest BCUT2D eigenvalue weighted by atomic mass is 9.89. The molecule has 0 saturated carbocycles. The molecule has 1 aromatic heterocycles. The molecule has 6 heteroatoms. The first kappa shape index (κ1) is 12.8. The molecule has 1 aliphatic heterocycles. The Balaban J connectivity index is 2.22. The number of anilines is 1. The number of thiocarbonyl (C=S) groups is 1. The van der Waals surface area contributed by atoms with Crippen LogP contribution in [0.1, 0.15) is 19.0 Å². The highest BCUT2D eigenvalue weighted by Gasteiger charge is 2.38. The molecular formula is C12H16N4OS. The summed E-state index contributed by atoms with van der Waals surface area (Å²) >= 11 is 4.91. The average Bonchev–Trinajstić information content (AvgIpc) is 2.73. The monoisotopic (exact) mass is 264 g/mol. The van der Waals surface area contributed by atoms with E-state index in [1.165, 1.54) is 0 Å². The van der Waals surface area contributed by atoms with Gasteiger partial charge in [0.2, 0.25) is 5.91 Å². The Morgan fingerprint density at radius 1 is 1.56 bits per heavy atom. The average molecular weight is 264 g/mol. The van der Waals surface area contributed by atoms with Crippen molar-refractivity contribution < 1.29 is 4.79 Å². The molecule has 18 heavy (non-hydrogen) atoms. The lowest BCUT2D eigenvalue weighted by Gasteiger charge is -2.22. The van der Waals surface area contributed by atoms with Crippen molar-refractivity contribution in [1.82, 2.24) is 4.98 Å². The van der Waals surface area contributed by atoms with Crippen LogP contribution in [-0.2, 0) is 4.79 Å². The molecule has 2 heterocycles. The number of hydrogen-bond acceptors (Lipinski definition) is 4. The lowest BCUT2D eigenvalue weighted by molar-refractivity contribution is -0.125. The molecule has 1 unspecified atom stereocenters. The lowest BCUT2D eigenvalue weighted by Crippen LogP contribution is -2.37. The zero-order valence-electron chi connectivity index (χ0n) is 10.2. The molecule has 0 aromatic carbocycles. The summed E-state index contributed by atoms with van der Waals surface area (Å²) in [7, 11) is 0. The van der Waals surface area contributed by atoms with Gasteiger partial charge >= 0.3 is 0 Å². The fraction of sp³-hybridized carbons (Fsp3) is 0.417. The zero-order chi connectivity index (χ0) is 13.3. The van der Waals surface area contributed by atoms with Crippen molar-refractivity contribution in [3.05, 3.63) is 24.0 Å². The first-order valence-electron chi connectivity index (χ1n) is 5.73. The fourth-order valence-corrected chi connectivity index (χ4v) is 2.25. The van der Waals surface area contributed by atoms with Crippen molar-refractivity contribution in [2.45, 2.75) is 13.3 Å². The van der Waals surface area contributed by atoms with Crippen molar-refractivity contribution in [3.63, 3.8) is 0 Å². The third-order valence-electron chi connectivity index (χ3n) is 3.43. The van der Waals surface area contributed by atoms with E-state index in [1.807, 2.05) is 19.1 Å². The number of pyridine rings is 1. The number of primary amides is 1. The van der Waals surface area contributed by atoms with Crippen molar-refractivity contribution in [2.24, 2.45) is 16.9 Å². The highest BCUT2D eigenvalue weighted by Crippen LogP contribution is 2.32. The van der Waals surface area contributed by atoms with Crippen LogP contribution in [0, 0.1) is 5.41 Å². The largest absolute Gasteiger partial charge is 0.388 e. The van der Waals surface area contributed by atoms with Gasteiger partial charge in [-0.05, 0) is 25.5 Å². The van der Waals surface area contributed by atoms with Crippen LogP contribution in [-0.4, -0.2) is 29.0 Å². The third-order valence-corrected chi connectivity index (χ3v) is 3.64. The van der Waals surface area contributed by atoms with Crippen molar-refractivity contribution in [2.75, 3.05) is 18.0 Å². The molecule has 1 aromatic rings. The molecule has 1 saturated heterocycles. The van der Waals surface area contributed by atoms with Gasteiger partial charge in [-0.3, -0.25) is 9.78 Å². The number of aromatic nitrogens is 1. The summed E-state index contributed by atoms with van der Waals surface area (Å²) in [5.41, 5.74) is 12.1. The Hall–Kier alpha value is -1.69. The molecular weight excluding hydrogens is 248 g/mol. The summed E-state index contributed by atoms with van der Waals surface area (Å²) in [6.07, 6.45) is 2.43. The van der Waals surface area contributed by atoms with Gasteiger partial charge in [-0.15, -0.1) is 0 Å². The van der Waals surface area contributed by atoms with Crippen molar-refractivity contribution >= 4 is 28.8 Å². The van der Waals surface area contributed by atoms with Gasteiger partial charge in [-0.1, -0.05) is 12.2 Å². The molecule has 1 atom stereocenters. The van der Waals surface area contributed by atoms with Crippen LogP contribution >= 0.6 is 12.2 Å². The second-order valence-electron chi connectivity index (χ2n) is 4.86. The van der Waals surface area contributed by atoms with E-state index in [9.17, 15) is 4.79 Å². The molecule has 0 bridgehead atoms. The predicted octanol–water partition coefficient (Wildman–Crippen LogP) is 0.417. The molecule has 1 fully saturated rings. The van der Waals surface area contributed by atoms with Crippen LogP contribution in [0.2, 0.25) is 0 Å². The van der Waals surface area contributed by atoms with Crippen LogP contribution in [0.15, 0.2) is 18.3 Å². The van der Waals surface area contributed by atoms with Gasteiger partial charge in [0.25, 0.3) is 0 Å². The number of nitrogens with zero attached hydrogens (tertiary/aromatic N) is 2. The Morgan fingerprint density at radius 3 is 2.83 bits per heavy atom. The Morgan fingerprint density at radius 2 is 2.28 bits per heavy atom. The van der Waals surface area contributed by atoms with E-state index >= 15 is 0 Å². The molecule has 0 radical (unpaired) electrons. The van der Waals surface area contributed by atoms with Gasteiger partial charge in [-0.25, -0.2) is 0 Å². The molecule has 1 amide bonds. The summed E-state index contributed by atoms with van der Waals surface area (Å²) in [4.78, 5) is 17.9. The molecule has 96 valence electrons. The number of amides is 1. The first-order chi connectivity index (χ1) is 8.42. The molecule has 0 aliphatic carbocycles. The highest BCUT2D eigenvalue weighted by atomic mass is 32.1. The topological polar surface area (TPSA) is 85.2 Å². The van der Waals surface area contributed by atoms with E-state index in [0.717, 1.165) is 18.7 Å². The van der Waals surface area contributed by atoms with Crippen LogP contribution in [0.3, 0.4) is 0 Å². The van der Waals surface area contributed by atoms with E-state index in [0.29, 0.717) is 12.2 Å². The van der Waals surface area contributed by atoms with Crippen LogP contribution in [0.4, 0.5) is 5.69 Å². The minimum absolute atomic E-state index is 0.256. The van der Waals surface area contributed by atoms with Gasteiger partial charge in [0.05, 0.1) is 11.1 Å². The number of carbonyl (C=O) groups is 1. The van der Waals surface area contributed by atoms with Crippen LogP contribution in [0.25, 0.3) is 0 Å². The Bertz CT molecular complexity index is 505. The van der Waals surface area contributed by atoms with Gasteiger partial charge in [-0.2, -0.15) is 0 Å². The maximum Gasteiger partial charge on any atom is 0.225 e. The quantitative estimate of drug-likeness (QED) is 0.773. The standard InChI is InChI=1S/C12H16N4OS/c1-12(11(14)17)3-5-16(7-12)8-2-4-15-9(6-8)10(13)18/h2,4,6H,3,5,7H2,1H3,(H2,13,18)(H2,14,17). The number of carbonyl (C=O) groups excluding carboxylic acids is 1. The molecule has 0 spiro atoms. The Kier molecular flexibility index (Phi) is 3.21. The van der Waals surface area contributed by atoms with E-state index in [2.05, 4.69) is 9.88 Å². The number of rotatable bonds is 3. The predicted molar refractivity (Wildman–Crippen MR) is 74.3 cm³/mol. The summed E-state index contributed by atoms with van der Waals surface area (Å²) in [5, 5.41) is 0. The summed E-state index contributed by atoms with van der Waals surface area (Å²) in [6, 6.07) is 3.73. The molecule has 4 N–H and O–H groups in total. The van der Waals surface area contributed by atoms with E-state index in [1.54, 1.807) is 6.20 Å². The molecule has 5 nitrogen and oxygen atoms in total. The molecule has 2 rings (SSSR count). The number of nitrogens with two attached hydrogens (primary N) is 2. The SMILES string of the molecule is CC1(C(N)=O)CCN(c2ccnc(C(N)=S)c2)C1. The summed E-state index contributed by atoms with van der Waals surface area (Å²) < 4.78 is 0. The second kappa shape index (κ2) is 4.53. The van der Waals surface area contributed by atoms with Gasteiger partial charge < -0.3 is 16.4 Å². The van der Waals surface area contributed by atoms with Gasteiger partial charge in [0, 0.05) is 25.0 Å². The smallest absolute Gasteiger partial charge is 0.225 e. The van der Waals surface area contributed by atoms with Crippen LogP contribution < -0.4 is 16.4 Å². The minimum Gasteiger partial charge on any atom is -0.388 e. The second-order valence-corrected chi connectivity index (χ2v) is 5.30. The van der Waals surface area contributed by atoms with Crippen LogP contribution in [0.5, 0.6) is 0 Å². The normalized spacial score (nSPS) is 23.1. The van der Waals surface area contributed by atoms with Gasteiger partial charge in [0.15, 0.2) is 0 Å². The summed E-state index contributed by atoms with van der Waals surface area (Å²) in [5.74, 6) is -0.256. The first-order valence-corrected chi connectivity index (χ1v) is 6.14. The summed E-state index contributed by atoms with van der Waals surface area (Å²) in [6.45, 7) is 3.30. The van der Waals surface area contributed by atoms with Gasteiger partial charge in [0.1, 0.15) is 4.99 Å². The zero-order valence-corrected chi connectivity index (χ0v) is 11.0. The Labute approximate surface area is 111 Å². The van der Waals surface area contributed by atoms with Crippen molar-refractivity contribution in [3.8, 4) is 0 Å². The van der Waals surface area contributed by atoms with E-state index in [4.69, 9.17) is 23.7 Å². The van der Waals surface area contributed by atoms with Crippen molar-refractivity contribution in [1.29, 1.82) is 0 Å². The highest BCUT2D eigenvalue weighted by molar-refractivity contribution is 7.80. The van der Waals surface area contributed by atoms with E-state index < -0.39 is 5.41 Å². The molecule has 1 aliphatic rings. The minimum atomic E-state index is -0.466. The maximum absolute atomic E-state index is 11.4. The number of hydrogen-bond donors (Lipinski definition) is 2. The van der Waals surface area contributed by atoms with E-state index in [-0.39, 0.29) is 10.9 Å². The third kappa shape index (κ3) is 2.28. The fourth-order valence-electron chi connectivity index (χ4n) is 2.13.